The average molecular weight is 554 g/mol. The van der Waals surface area contributed by atoms with Gasteiger partial charge in [-0.3, -0.25) is 19.4 Å². The quantitative estimate of drug-likeness (QED) is 0.0817. The molecule has 0 radical (unpaired) electrons. The minimum Gasteiger partial charge on any atom is -0.477 e. The first kappa shape index (κ1) is 28.1. The second-order valence-corrected chi connectivity index (χ2v) is 11.7. The summed E-state index contributed by atoms with van der Waals surface area (Å²) in [4.78, 5) is 56.8. The van der Waals surface area contributed by atoms with E-state index in [1.807, 2.05) is 6.92 Å². The average Bonchev–Trinajstić information content (AvgIpc) is 3.36. The number of nitrogens with one attached hydrogen (secondary N) is 2. The summed E-state index contributed by atoms with van der Waals surface area (Å²) in [5.41, 5.74) is 10.4. The smallest absolute Gasteiger partial charge is 0.353 e. The summed E-state index contributed by atoms with van der Waals surface area (Å²) in [7, 11) is 0. The van der Waals surface area contributed by atoms with E-state index >= 15 is 0 Å². The molecule has 4 heterocycles. The highest BCUT2D eigenvalue weighted by molar-refractivity contribution is 8.03. The van der Waals surface area contributed by atoms with Gasteiger partial charge in [0.25, 0.3) is 0 Å². The van der Waals surface area contributed by atoms with Gasteiger partial charge in [-0.1, -0.05) is 6.92 Å². The molecule has 0 aliphatic carbocycles. The van der Waals surface area contributed by atoms with Crippen LogP contribution in [0.3, 0.4) is 0 Å². The van der Waals surface area contributed by atoms with E-state index in [9.17, 15) is 34.5 Å². The number of carbonyl (C=O) groups excluding carboxylic acids is 3. The van der Waals surface area contributed by atoms with Gasteiger partial charge in [-0.15, -0.1) is 11.8 Å². The van der Waals surface area contributed by atoms with Gasteiger partial charge < -0.3 is 47.2 Å². The van der Waals surface area contributed by atoms with E-state index in [1.54, 1.807) is 11.8 Å². The summed E-state index contributed by atoms with van der Waals surface area (Å²) in [6.07, 6.45) is -1.52. The number of thioether (sulfide) groups is 1. The molecule has 3 amide bonds. The molecule has 15 heteroatoms. The number of aliphatic carboxylic acids is 1. The third-order valence-electron chi connectivity index (χ3n) is 7.46. The van der Waals surface area contributed by atoms with Gasteiger partial charge in [-0.2, -0.15) is 0 Å². The third-order valence-corrected chi connectivity index (χ3v) is 8.97. The van der Waals surface area contributed by atoms with Crippen molar-refractivity contribution in [3.63, 3.8) is 0 Å². The van der Waals surface area contributed by atoms with Crippen molar-refractivity contribution in [2.45, 2.75) is 62.3 Å². The number of nitrogens with two attached hydrogens (primary N) is 2. The zero-order chi connectivity index (χ0) is 27.9. The molecule has 0 bridgehead atoms. The molecule has 0 aromatic carbocycles. The molecular weight excluding hydrogens is 518 g/mol. The molecule has 0 aromatic heterocycles. The highest BCUT2D eigenvalue weighted by Gasteiger charge is 2.60. The van der Waals surface area contributed by atoms with Crippen molar-refractivity contribution in [2.75, 3.05) is 26.2 Å². The lowest BCUT2D eigenvalue weighted by Crippen LogP contribution is -2.63. The Morgan fingerprint density at radius 3 is 2.55 bits per heavy atom. The van der Waals surface area contributed by atoms with E-state index < -0.39 is 30.1 Å². The van der Waals surface area contributed by atoms with E-state index in [0.29, 0.717) is 31.0 Å². The summed E-state index contributed by atoms with van der Waals surface area (Å²) in [5.74, 6) is -3.00. The van der Waals surface area contributed by atoms with E-state index in [-0.39, 0.29) is 65.6 Å². The number of carboxylic acids is 1. The molecule has 4 aliphatic heterocycles. The largest absolute Gasteiger partial charge is 0.477 e. The fourth-order valence-corrected chi connectivity index (χ4v) is 7.06. The number of aliphatic hydroxyl groups is 2. The number of β-lactam (4-membered cyclic amide) rings is 1. The first-order valence-corrected chi connectivity index (χ1v) is 13.5. The van der Waals surface area contributed by atoms with Gasteiger partial charge in [-0.05, 0) is 13.3 Å². The van der Waals surface area contributed by atoms with Crippen LogP contribution in [0.15, 0.2) is 15.6 Å². The van der Waals surface area contributed by atoms with Crippen LogP contribution in [0.4, 0.5) is 0 Å². The van der Waals surface area contributed by atoms with Gasteiger partial charge in [-0.25, -0.2) is 4.79 Å². The second-order valence-electron chi connectivity index (χ2n) is 10.3. The Kier molecular flexibility index (Phi) is 8.20. The molecule has 0 aromatic rings. The van der Waals surface area contributed by atoms with Gasteiger partial charge in [0.15, 0.2) is 5.96 Å². The molecule has 0 saturated carbocycles. The lowest BCUT2D eigenvalue weighted by atomic mass is 9.79. The number of nitrogens with zero attached hydrogens (tertiary/aromatic N) is 3. The van der Waals surface area contributed by atoms with Crippen molar-refractivity contribution in [1.29, 1.82) is 0 Å². The summed E-state index contributed by atoms with van der Waals surface area (Å²) >= 11 is 1.39. The number of fused-ring (bicyclic) bond motifs is 1. The zero-order valence-electron chi connectivity index (χ0n) is 21.2. The maximum Gasteiger partial charge on any atom is 0.353 e. The van der Waals surface area contributed by atoms with E-state index in [1.165, 1.54) is 16.7 Å². The minimum atomic E-state index is -1.17. The molecule has 3 saturated heterocycles. The van der Waals surface area contributed by atoms with Crippen LogP contribution in [0.5, 0.6) is 0 Å². The van der Waals surface area contributed by atoms with Crippen LogP contribution in [0.25, 0.3) is 0 Å². The molecule has 4 rings (SSSR count). The molecule has 3 fully saturated rings. The van der Waals surface area contributed by atoms with Crippen LogP contribution in [0, 0.1) is 11.8 Å². The number of aliphatic hydroxyl groups excluding tert-OH is 2. The van der Waals surface area contributed by atoms with Gasteiger partial charge in [0.2, 0.25) is 17.7 Å². The number of amides is 3. The first-order valence-electron chi connectivity index (χ1n) is 12.6. The molecule has 9 N–H and O–H groups in total. The molecular formula is C23H35N7O7S. The van der Waals surface area contributed by atoms with E-state index in [4.69, 9.17) is 11.5 Å². The van der Waals surface area contributed by atoms with Crippen LogP contribution in [-0.2, 0) is 19.2 Å². The van der Waals surface area contributed by atoms with Crippen molar-refractivity contribution in [2.24, 2.45) is 28.3 Å². The molecule has 4 aliphatic rings. The number of aliphatic imine (C=N–C) groups is 1. The van der Waals surface area contributed by atoms with Gasteiger partial charge in [0, 0.05) is 35.7 Å². The van der Waals surface area contributed by atoms with Crippen molar-refractivity contribution >= 4 is 41.4 Å². The number of hydrogen-bond acceptors (Lipinski definition) is 9. The fraction of sp³-hybridized carbons (Fsp3) is 0.696. The topological polar surface area (TPSA) is 224 Å². The maximum absolute atomic E-state index is 13.0. The SMILES string of the molecule is C[C@@H](O)[C@H]1C(=O)N2C(C(=O)O)=C(S[C@@H]3CN[C@H](C(=O)N4CC(NC(=O)CC(O)CN=C(N)N)C4)C3)[C@H](C)[C@H]12. The first-order chi connectivity index (χ1) is 17.9. The van der Waals surface area contributed by atoms with E-state index in [0.717, 1.165) is 0 Å². The summed E-state index contributed by atoms with van der Waals surface area (Å²) in [5, 5.41) is 35.6. The lowest BCUT2D eigenvalue weighted by Gasteiger charge is -2.46. The van der Waals surface area contributed by atoms with Crippen molar-refractivity contribution in [3.8, 4) is 0 Å². The van der Waals surface area contributed by atoms with Gasteiger partial charge in [0.05, 0.1) is 49.2 Å². The predicted molar refractivity (Wildman–Crippen MR) is 137 cm³/mol. The minimum absolute atomic E-state index is 0.0195. The van der Waals surface area contributed by atoms with Gasteiger partial charge in [0.1, 0.15) is 5.70 Å². The van der Waals surface area contributed by atoms with Crippen LogP contribution < -0.4 is 22.1 Å². The highest BCUT2D eigenvalue weighted by Crippen LogP contribution is 2.51. The Morgan fingerprint density at radius 2 is 1.95 bits per heavy atom. The van der Waals surface area contributed by atoms with Crippen LogP contribution >= 0.6 is 11.8 Å². The molecule has 1 unspecified atom stereocenters. The lowest BCUT2D eigenvalue weighted by molar-refractivity contribution is -0.163. The predicted octanol–water partition coefficient (Wildman–Crippen LogP) is -3.04. The van der Waals surface area contributed by atoms with Crippen molar-refractivity contribution in [1.82, 2.24) is 20.4 Å². The number of hydrogen-bond donors (Lipinski definition) is 7. The number of likely N-dealkylation sites (tertiary alicyclic amines) is 1. The Labute approximate surface area is 223 Å². The van der Waals surface area contributed by atoms with Crippen molar-refractivity contribution < 1.29 is 34.5 Å². The summed E-state index contributed by atoms with van der Waals surface area (Å²) in [6, 6.07) is -1.01. The zero-order valence-corrected chi connectivity index (χ0v) is 22.1. The molecule has 38 heavy (non-hydrogen) atoms. The summed E-state index contributed by atoms with van der Waals surface area (Å²) < 4.78 is 0. The maximum atomic E-state index is 13.0. The Morgan fingerprint density at radius 1 is 1.26 bits per heavy atom. The van der Waals surface area contributed by atoms with Gasteiger partial charge >= 0.3 is 5.97 Å². The molecule has 14 nitrogen and oxygen atoms in total. The molecule has 7 atom stereocenters. The Balaban J connectivity index is 1.26. The standard InChI is InChI=1S/C23H35N7O7S/c1-9-17-16(10(2)31)21(35)30(17)18(22(36)37)19(9)38-13-4-14(26-6-13)20(34)29-7-11(8-29)28-15(33)3-12(32)5-27-23(24)25/h9-14,16-17,26,31-32H,3-8H2,1-2H3,(H,28,33)(H,36,37)(H4,24,25,27)/t9-,10-,12?,13+,14+,16-,17-/m1/s1. The van der Waals surface area contributed by atoms with Crippen molar-refractivity contribution in [3.05, 3.63) is 10.6 Å². The second kappa shape index (κ2) is 11.1. The van der Waals surface area contributed by atoms with E-state index in [2.05, 4.69) is 15.6 Å². The number of carbonyl (C=O) groups is 4. The van der Waals surface area contributed by atoms with Crippen LogP contribution in [-0.4, -0.2) is 117 Å². The molecule has 0 spiro atoms. The monoisotopic (exact) mass is 553 g/mol. The van der Waals surface area contributed by atoms with Crippen LogP contribution in [0.2, 0.25) is 0 Å². The Hall–Kier alpha value is -2.88. The third kappa shape index (κ3) is 5.46. The summed E-state index contributed by atoms with van der Waals surface area (Å²) in [6.45, 7) is 4.56. The highest BCUT2D eigenvalue weighted by atomic mass is 32.2. The molecule has 210 valence electrons. The number of carboxylic acid groups (broad SMARTS) is 1. The Bertz CT molecular complexity index is 1060. The normalized spacial score (nSPS) is 30.3. The fourth-order valence-electron chi connectivity index (χ4n) is 5.59. The van der Waals surface area contributed by atoms with Crippen LogP contribution in [0.1, 0.15) is 26.7 Å². The number of rotatable bonds is 10. The number of guanidine groups is 1.